The highest BCUT2D eigenvalue weighted by molar-refractivity contribution is 4.88. The predicted molar refractivity (Wildman–Crippen MR) is 64.8 cm³/mol. The molecule has 88 valence electrons. The van der Waals surface area contributed by atoms with Crippen molar-refractivity contribution in [2.24, 2.45) is 11.7 Å². The molecule has 1 heterocycles. The molecule has 0 aromatic heterocycles. The third-order valence-electron chi connectivity index (χ3n) is 4.14. The average molecular weight is 210 g/mol. The van der Waals surface area contributed by atoms with Crippen molar-refractivity contribution in [3.63, 3.8) is 0 Å². The van der Waals surface area contributed by atoms with Crippen molar-refractivity contribution in [2.45, 2.75) is 64.0 Å². The molecule has 2 heteroatoms. The second-order valence-corrected chi connectivity index (χ2v) is 5.41. The number of hydrogen-bond acceptors (Lipinski definition) is 2. The van der Waals surface area contributed by atoms with Crippen molar-refractivity contribution < 1.29 is 0 Å². The van der Waals surface area contributed by atoms with E-state index in [4.69, 9.17) is 5.73 Å². The van der Waals surface area contributed by atoms with Crippen molar-refractivity contribution >= 4 is 0 Å². The number of hydrogen-bond donors (Lipinski definition) is 1. The Bertz CT molecular complexity index is 189. The Kier molecular flexibility index (Phi) is 4.04. The molecule has 0 aromatic carbocycles. The number of nitrogens with zero attached hydrogens (tertiary/aromatic N) is 1. The number of rotatable bonds is 4. The molecule has 1 aliphatic heterocycles. The summed E-state index contributed by atoms with van der Waals surface area (Å²) in [5, 5.41) is 0. The second-order valence-electron chi connectivity index (χ2n) is 5.41. The quantitative estimate of drug-likeness (QED) is 0.772. The first-order valence-electron chi connectivity index (χ1n) is 6.81. The van der Waals surface area contributed by atoms with Gasteiger partial charge in [0.25, 0.3) is 0 Å². The van der Waals surface area contributed by atoms with Crippen LogP contribution in [0.3, 0.4) is 0 Å². The zero-order chi connectivity index (χ0) is 10.7. The van der Waals surface area contributed by atoms with Crippen LogP contribution in [0.1, 0.15) is 51.9 Å². The molecule has 2 atom stereocenters. The van der Waals surface area contributed by atoms with Gasteiger partial charge in [0, 0.05) is 18.6 Å². The number of likely N-dealkylation sites (tertiary alicyclic amines) is 1. The average Bonchev–Trinajstić information content (AvgIpc) is 3.05. The van der Waals surface area contributed by atoms with E-state index in [9.17, 15) is 0 Å². The zero-order valence-corrected chi connectivity index (χ0v) is 10.1. The highest BCUT2D eigenvalue weighted by Gasteiger charge is 2.31. The zero-order valence-electron chi connectivity index (χ0n) is 10.1. The van der Waals surface area contributed by atoms with Crippen LogP contribution in [0, 0.1) is 5.92 Å². The van der Waals surface area contributed by atoms with Crippen molar-refractivity contribution in [1.29, 1.82) is 0 Å². The molecule has 0 aromatic rings. The number of nitrogens with two attached hydrogens (primary N) is 1. The first-order chi connectivity index (χ1) is 7.31. The topological polar surface area (TPSA) is 29.3 Å². The molecule has 1 aliphatic carbocycles. The molecule has 15 heavy (non-hydrogen) atoms. The van der Waals surface area contributed by atoms with Gasteiger partial charge in [0.2, 0.25) is 0 Å². The van der Waals surface area contributed by atoms with Gasteiger partial charge in [-0.1, -0.05) is 19.8 Å². The third-order valence-corrected chi connectivity index (χ3v) is 4.14. The van der Waals surface area contributed by atoms with E-state index in [0.29, 0.717) is 6.04 Å². The maximum absolute atomic E-state index is 6.24. The Morgan fingerprint density at radius 3 is 2.67 bits per heavy atom. The van der Waals surface area contributed by atoms with Crippen molar-refractivity contribution in [3.8, 4) is 0 Å². The molecule has 0 spiro atoms. The molecular formula is C13H26N2. The van der Waals surface area contributed by atoms with Crippen molar-refractivity contribution in [1.82, 2.24) is 4.90 Å². The van der Waals surface area contributed by atoms with E-state index < -0.39 is 0 Å². The predicted octanol–water partition coefficient (Wildman–Crippen LogP) is 2.38. The summed E-state index contributed by atoms with van der Waals surface area (Å²) in [7, 11) is 0. The van der Waals surface area contributed by atoms with Gasteiger partial charge in [0.1, 0.15) is 0 Å². The lowest BCUT2D eigenvalue weighted by Crippen LogP contribution is -2.44. The fraction of sp³-hybridized carbons (Fsp3) is 1.00. The molecule has 0 radical (unpaired) electrons. The van der Waals surface area contributed by atoms with E-state index >= 15 is 0 Å². The summed E-state index contributed by atoms with van der Waals surface area (Å²) >= 11 is 0. The van der Waals surface area contributed by atoms with Crippen LogP contribution in [0.4, 0.5) is 0 Å². The van der Waals surface area contributed by atoms with E-state index in [-0.39, 0.29) is 0 Å². The van der Waals surface area contributed by atoms with Crippen LogP contribution in [0.5, 0.6) is 0 Å². The molecule has 2 rings (SSSR count). The Morgan fingerprint density at radius 1 is 1.20 bits per heavy atom. The summed E-state index contributed by atoms with van der Waals surface area (Å²) in [6.45, 7) is 4.77. The van der Waals surface area contributed by atoms with Gasteiger partial charge in [-0.3, -0.25) is 4.90 Å². The van der Waals surface area contributed by atoms with Gasteiger partial charge in [-0.25, -0.2) is 0 Å². The van der Waals surface area contributed by atoms with Gasteiger partial charge < -0.3 is 5.73 Å². The van der Waals surface area contributed by atoms with E-state index in [1.807, 2.05) is 0 Å². The van der Waals surface area contributed by atoms with Crippen molar-refractivity contribution in [2.75, 3.05) is 13.1 Å². The highest BCUT2D eigenvalue weighted by atomic mass is 15.2. The van der Waals surface area contributed by atoms with Gasteiger partial charge in [0.15, 0.2) is 0 Å². The fourth-order valence-corrected chi connectivity index (χ4v) is 2.88. The summed E-state index contributed by atoms with van der Waals surface area (Å²) in [5.74, 6) is 0.853. The Morgan fingerprint density at radius 2 is 2.00 bits per heavy atom. The maximum atomic E-state index is 6.24. The summed E-state index contributed by atoms with van der Waals surface area (Å²) in [6, 6.07) is 1.27. The molecular weight excluding hydrogens is 184 g/mol. The van der Waals surface area contributed by atoms with E-state index in [1.54, 1.807) is 0 Å². The van der Waals surface area contributed by atoms with Crippen LogP contribution >= 0.6 is 0 Å². The van der Waals surface area contributed by atoms with Crippen LogP contribution in [-0.2, 0) is 0 Å². The summed E-state index contributed by atoms with van der Waals surface area (Å²) < 4.78 is 0. The van der Waals surface area contributed by atoms with Crippen LogP contribution < -0.4 is 5.73 Å². The van der Waals surface area contributed by atoms with Crippen molar-refractivity contribution in [3.05, 3.63) is 0 Å². The van der Waals surface area contributed by atoms with E-state index in [1.165, 1.54) is 51.5 Å². The fourth-order valence-electron chi connectivity index (χ4n) is 2.88. The lowest BCUT2D eigenvalue weighted by molar-refractivity contribution is 0.178. The van der Waals surface area contributed by atoms with Gasteiger partial charge in [-0.2, -0.15) is 0 Å². The minimum atomic E-state index is 0.456. The highest BCUT2D eigenvalue weighted by Crippen LogP contribution is 2.32. The minimum absolute atomic E-state index is 0.456. The maximum Gasteiger partial charge on any atom is 0.0196 e. The molecule has 1 saturated heterocycles. The molecule has 0 bridgehead atoms. The Balaban J connectivity index is 1.84. The summed E-state index contributed by atoms with van der Waals surface area (Å²) in [5.41, 5.74) is 6.24. The van der Waals surface area contributed by atoms with E-state index in [0.717, 1.165) is 18.5 Å². The largest absolute Gasteiger partial charge is 0.326 e. The van der Waals surface area contributed by atoms with E-state index in [2.05, 4.69) is 11.8 Å². The lowest BCUT2D eigenvalue weighted by atomic mass is 10.1. The minimum Gasteiger partial charge on any atom is -0.326 e. The molecule has 2 nitrogen and oxygen atoms in total. The van der Waals surface area contributed by atoms with Crippen LogP contribution in [0.25, 0.3) is 0 Å². The molecule has 0 amide bonds. The van der Waals surface area contributed by atoms with Gasteiger partial charge in [-0.15, -0.1) is 0 Å². The van der Waals surface area contributed by atoms with Gasteiger partial charge in [-0.05, 0) is 44.6 Å². The normalized spacial score (nSPS) is 31.2. The van der Waals surface area contributed by atoms with Crippen LogP contribution in [0.15, 0.2) is 0 Å². The first kappa shape index (κ1) is 11.4. The standard InChI is InChI=1S/C13H26N2/c1-2-12-6-4-3-5-9-15(12)10-13(14)11-7-8-11/h11-13H,2-10,14H2,1H3. The molecule has 2 fully saturated rings. The second kappa shape index (κ2) is 5.31. The molecule has 2 N–H and O–H groups in total. The summed E-state index contributed by atoms with van der Waals surface area (Å²) in [6.07, 6.45) is 9.69. The van der Waals surface area contributed by atoms with Crippen LogP contribution in [0.2, 0.25) is 0 Å². The molecule has 1 saturated carbocycles. The first-order valence-corrected chi connectivity index (χ1v) is 6.81. The SMILES string of the molecule is CCC1CCCCCN1CC(N)C1CC1. The lowest BCUT2D eigenvalue weighted by Gasteiger charge is -2.31. The Hall–Kier alpha value is -0.0800. The third kappa shape index (κ3) is 3.18. The monoisotopic (exact) mass is 210 g/mol. The van der Waals surface area contributed by atoms with Crippen LogP contribution in [-0.4, -0.2) is 30.1 Å². The van der Waals surface area contributed by atoms with Gasteiger partial charge in [0.05, 0.1) is 0 Å². The Labute approximate surface area is 94.2 Å². The molecule has 2 unspecified atom stereocenters. The smallest absolute Gasteiger partial charge is 0.0196 e. The molecule has 2 aliphatic rings. The summed E-state index contributed by atoms with van der Waals surface area (Å²) in [4.78, 5) is 2.68. The van der Waals surface area contributed by atoms with Gasteiger partial charge >= 0.3 is 0 Å².